The minimum atomic E-state index is 0.264. The second kappa shape index (κ2) is 7.68. The number of aromatic nitrogens is 1. The van der Waals surface area contributed by atoms with Gasteiger partial charge in [0.1, 0.15) is 5.76 Å². The van der Waals surface area contributed by atoms with Gasteiger partial charge < -0.3 is 9.42 Å². The molecule has 0 radical (unpaired) electrons. The lowest BCUT2D eigenvalue weighted by Gasteiger charge is -2.40. The average molecular weight is 333 g/mol. The molecule has 0 N–H and O–H groups in total. The number of rotatable bonds is 3. The summed E-state index contributed by atoms with van der Waals surface area (Å²) in [6.07, 6.45) is 7.28. The van der Waals surface area contributed by atoms with E-state index >= 15 is 0 Å². The van der Waals surface area contributed by atoms with Crippen molar-refractivity contribution in [2.45, 2.75) is 71.9 Å². The number of hydrogen-bond acceptors (Lipinski definition) is 4. The lowest BCUT2D eigenvalue weighted by atomic mass is 9.86. The maximum atomic E-state index is 12.1. The van der Waals surface area contributed by atoms with Crippen LogP contribution in [0.2, 0.25) is 0 Å². The van der Waals surface area contributed by atoms with Crippen LogP contribution in [0.5, 0.6) is 0 Å². The van der Waals surface area contributed by atoms with Gasteiger partial charge in [0.2, 0.25) is 5.91 Å². The van der Waals surface area contributed by atoms with Gasteiger partial charge in [-0.2, -0.15) is 0 Å². The molecular weight excluding hydrogens is 302 g/mol. The molecule has 134 valence electrons. The van der Waals surface area contributed by atoms with Crippen molar-refractivity contribution in [2.75, 3.05) is 19.6 Å². The molecule has 3 rings (SSSR count). The Morgan fingerprint density at radius 1 is 1.12 bits per heavy atom. The van der Waals surface area contributed by atoms with Crippen LogP contribution < -0.4 is 0 Å². The van der Waals surface area contributed by atoms with E-state index in [0.29, 0.717) is 12.0 Å². The quantitative estimate of drug-likeness (QED) is 0.851. The molecule has 2 saturated heterocycles. The second-order valence-corrected chi connectivity index (χ2v) is 7.55. The molecule has 0 aliphatic carbocycles. The largest absolute Gasteiger partial charge is 0.361 e. The molecule has 3 heterocycles. The van der Waals surface area contributed by atoms with Crippen LogP contribution in [0.3, 0.4) is 0 Å². The summed E-state index contributed by atoms with van der Waals surface area (Å²) in [7, 11) is 0. The van der Waals surface area contributed by atoms with Crippen LogP contribution in [0, 0.1) is 19.8 Å². The van der Waals surface area contributed by atoms with E-state index in [0.717, 1.165) is 37.6 Å². The smallest absolute Gasteiger partial charge is 0.219 e. The SMILES string of the molecule is CC(=O)N1CCCCC[C@@H]1C1CCN(Cc2c(C)noc2C)CC1. The number of nitrogens with zero attached hydrogens (tertiary/aromatic N) is 3. The van der Waals surface area contributed by atoms with Crippen molar-refractivity contribution in [1.82, 2.24) is 15.0 Å². The minimum Gasteiger partial charge on any atom is -0.361 e. The van der Waals surface area contributed by atoms with Crippen molar-refractivity contribution in [1.29, 1.82) is 0 Å². The van der Waals surface area contributed by atoms with Crippen LogP contribution in [0.1, 0.15) is 62.5 Å². The van der Waals surface area contributed by atoms with Gasteiger partial charge in [0, 0.05) is 31.6 Å². The topological polar surface area (TPSA) is 49.6 Å². The zero-order chi connectivity index (χ0) is 17.1. The standard InChI is InChI=1S/C19H31N3O2/c1-14-18(15(2)24-20-14)13-21-11-8-17(9-12-21)19-7-5-4-6-10-22(19)16(3)23/h17,19H,4-13H2,1-3H3/t19-/m1/s1. The van der Waals surface area contributed by atoms with Gasteiger partial charge in [-0.3, -0.25) is 9.69 Å². The van der Waals surface area contributed by atoms with Crippen molar-refractivity contribution in [3.8, 4) is 0 Å². The molecule has 5 nitrogen and oxygen atoms in total. The van der Waals surface area contributed by atoms with E-state index in [2.05, 4.69) is 15.0 Å². The number of carbonyl (C=O) groups is 1. The molecule has 0 spiro atoms. The van der Waals surface area contributed by atoms with Crippen LogP contribution >= 0.6 is 0 Å². The third-order valence-electron chi connectivity index (χ3n) is 5.94. The van der Waals surface area contributed by atoms with Gasteiger partial charge >= 0.3 is 0 Å². The van der Waals surface area contributed by atoms with Gasteiger partial charge in [-0.15, -0.1) is 0 Å². The van der Waals surface area contributed by atoms with Crippen molar-refractivity contribution < 1.29 is 9.32 Å². The van der Waals surface area contributed by atoms with Gasteiger partial charge in [-0.05, 0) is 58.5 Å². The van der Waals surface area contributed by atoms with Crippen molar-refractivity contribution in [3.63, 3.8) is 0 Å². The van der Waals surface area contributed by atoms with Gasteiger partial charge in [0.25, 0.3) is 0 Å². The van der Waals surface area contributed by atoms with E-state index in [1.165, 1.54) is 44.1 Å². The van der Waals surface area contributed by atoms with E-state index in [-0.39, 0.29) is 5.91 Å². The fourth-order valence-electron chi connectivity index (χ4n) is 4.46. The first-order valence-electron chi connectivity index (χ1n) is 9.47. The second-order valence-electron chi connectivity index (χ2n) is 7.55. The van der Waals surface area contributed by atoms with Crippen LogP contribution in [0.15, 0.2) is 4.52 Å². The molecule has 24 heavy (non-hydrogen) atoms. The summed E-state index contributed by atoms with van der Waals surface area (Å²) in [4.78, 5) is 16.7. The summed E-state index contributed by atoms with van der Waals surface area (Å²) in [6, 6.07) is 0.464. The zero-order valence-electron chi connectivity index (χ0n) is 15.4. The molecular formula is C19H31N3O2. The molecule has 0 saturated carbocycles. The van der Waals surface area contributed by atoms with Crippen molar-refractivity contribution >= 4 is 5.91 Å². The number of aryl methyl sites for hydroxylation is 2. The first kappa shape index (κ1) is 17.5. The van der Waals surface area contributed by atoms with Crippen LogP contribution in [-0.2, 0) is 11.3 Å². The molecule has 5 heteroatoms. The highest BCUT2D eigenvalue weighted by Crippen LogP contribution is 2.31. The van der Waals surface area contributed by atoms with Gasteiger partial charge in [0.15, 0.2) is 0 Å². The average Bonchev–Trinajstić information content (AvgIpc) is 2.79. The molecule has 1 atom stereocenters. The molecule has 1 aromatic heterocycles. The molecule has 2 aliphatic heterocycles. The number of likely N-dealkylation sites (tertiary alicyclic amines) is 2. The van der Waals surface area contributed by atoms with Gasteiger partial charge in [0.05, 0.1) is 5.69 Å². The van der Waals surface area contributed by atoms with Crippen LogP contribution in [-0.4, -0.2) is 46.5 Å². The van der Waals surface area contributed by atoms with E-state index in [1.54, 1.807) is 6.92 Å². The Morgan fingerprint density at radius 2 is 1.88 bits per heavy atom. The molecule has 2 fully saturated rings. The Morgan fingerprint density at radius 3 is 2.50 bits per heavy atom. The highest BCUT2D eigenvalue weighted by molar-refractivity contribution is 5.73. The monoisotopic (exact) mass is 333 g/mol. The summed E-state index contributed by atoms with van der Waals surface area (Å²) < 4.78 is 5.29. The number of amides is 1. The van der Waals surface area contributed by atoms with Gasteiger partial charge in [-0.25, -0.2) is 0 Å². The Kier molecular flexibility index (Phi) is 5.59. The van der Waals surface area contributed by atoms with Crippen LogP contribution in [0.4, 0.5) is 0 Å². The predicted octanol–water partition coefficient (Wildman–Crippen LogP) is 3.29. The summed E-state index contributed by atoms with van der Waals surface area (Å²) >= 11 is 0. The zero-order valence-corrected chi connectivity index (χ0v) is 15.4. The van der Waals surface area contributed by atoms with Crippen LogP contribution in [0.25, 0.3) is 0 Å². The number of hydrogen-bond donors (Lipinski definition) is 0. The minimum absolute atomic E-state index is 0.264. The number of carbonyl (C=O) groups excluding carboxylic acids is 1. The Bertz CT molecular complexity index is 541. The fourth-order valence-corrected chi connectivity index (χ4v) is 4.46. The third-order valence-corrected chi connectivity index (χ3v) is 5.94. The molecule has 1 aromatic rings. The van der Waals surface area contributed by atoms with Gasteiger partial charge in [-0.1, -0.05) is 18.0 Å². The summed E-state index contributed by atoms with van der Waals surface area (Å²) in [6.45, 7) is 9.88. The Balaban J connectivity index is 1.58. The fraction of sp³-hybridized carbons (Fsp3) is 0.789. The molecule has 0 unspecified atom stereocenters. The summed E-state index contributed by atoms with van der Waals surface area (Å²) in [5.41, 5.74) is 2.26. The van der Waals surface area contributed by atoms with E-state index in [9.17, 15) is 4.79 Å². The lowest BCUT2D eigenvalue weighted by molar-refractivity contribution is -0.132. The molecule has 2 aliphatic rings. The molecule has 1 amide bonds. The first-order chi connectivity index (χ1) is 11.6. The van der Waals surface area contributed by atoms with Crippen molar-refractivity contribution in [2.24, 2.45) is 5.92 Å². The predicted molar refractivity (Wildman–Crippen MR) is 93.6 cm³/mol. The normalized spacial score (nSPS) is 24.1. The molecule has 0 aromatic carbocycles. The van der Waals surface area contributed by atoms with E-state index in [4.69, 9.17) is 4.52 Å². The highest BCUT2D eigenvalue weighted by Gasteiger charge is 2.33. The number of piperidine rings is 1. The molecule has 0 bridgehead atoms. The Labute approximate surface area is 145 Å². The highest BCUT2D eigenvalue weighted by atomic mass is 16.5. The Hall–Kier alpha value is -1.36. The third kappa shape index (κ3) is 3.82. The van der Waals surface area contributed by atoms with E-state index < -0.39 is 0 Å². The lowest BCUT2D eigenvalue weighted by Crippen LogP contribution is -2.47. The summed E-state index contributed by atoms with van der Waals surface area (Å²) in [5, 5.41) is 4.06. The van der Waals surface area contributed by atoms with E-state index in [1.807, 2.05) is 13.8 Å². The maximum absolute atomic E-state index is 12.1. The first-order valence-corrected chi connectivity index (χ1v) is 9.47. The maximum Gasteiger partial charge on any atom is 0.219 e. The summed E-state index contributed by atoms with van der Waals surface area (Å²) in [5.74, 6) is 1.87. The van der Waals surface area contributed by atoms with Crippen molar-refractivity contribution in [3.05, 3.63) is 17.0 Å².